The number of amidine groups is 1. The van der Waals surface area contributed by atoms with E-state index < -0.39 is 0 Å². The van der Waals surface area contributed by atoms with Gasteiger partial charge < -0.3 is 20.5 Å². The predicted molar refractivity (Wildman–Crippen MR) is 64.2 cm³/mol. The third-order valence-corrected chi connectivity index (χ3v) is 2.19. The molecule has 0 radical (unpaired) electrons. The van der Waals surface area contributed by atoms with Crippen LogP contribution >= 0.6 is 0 Å². The van der Waals surface area contributed by atoms with Gasteiger partial charge in [-0.05, 0) is 0 Å². The standard InChI is InChI=1S/C10H17N5O2/c1-16-5-7(17-2)3-14-10-8(9(11)12)4-13-6-15-10/h4,6-7H,3,5H2,1-2H3,(H3,11,12)(H,13,14,15). The van der Waals surface area contributed by atoms with Crippen molar-refractivity contribution < 1.29 is 9.47 Å². The van der Waals surface area contributed by atoms with Gasteiger partial charge in [0.05, 0.1) is 18.3 Å². The molecule has 1 unspecified atom stereocenters. The van der Waals surface area contributed by atoms with Crippen LogP contribution in [-0.4, -0.2) is 49.3 Å². The van der Waals surface area contributed by atoms with E-state index in [0.29, 0.717) is 24.5 Å². The van der Waals surface area contributed by atoms with Gasteiger partial charge in [0.1, 0.15) is 18.0 Å². The maximum absolute atomic E-state index is 7.39. The SMILES string of the molecule is COCC(CNc1ncncc1C(=N)N)OC. The van der Waals surface area contributed by atoms with Crippen molar-refractivity contribution >= 4 is 11.7 Å². The highest BCUT2D eigenvalue weighted by atomic mass is 16.5. The molecule has 0 saturated carbocycles. The van der Waals surface area contributed by atoms with E-state index in [1.807, 2.05) is 0 Å². The molecule has 0 fully saturated rings. The van der Waals surface area contributed by atoms with E-state index >= 15 is 0 Å². The summed E-state index contributed by atoms with van der Waals surface area (Å²) in [6.45, 7) is 0.992. The zero-order valence-corrected chi connectivity index (χ0v) is 9.93. The van der Waals surface area contributed by atoms with Gasteiger partial charge in [-0.1, -0.05) is 0 Å². The van der Waals surface area contributed by atoms with Crippen molar-refractivity contribution in [1.82, 2.24) is 9.97 Å². The number of nitrogens with zero attached hydrogens (tertiary/aromatic N) is 2. The first-order valence-corrected chi connectivity index (χ1v) is 5.09. The third kappa shape index (κ3) is 3.97. The van der Waals surface area contributed by atoms with E-state index in [-0.39, 0.29) is 11.9 Å². The Balaban J connectivity index is 2.65. The lowest BCUT2D eigenvalue weighted by atomic mass is 10.2. The molecule has 0 aliphatic heterocycles. The van der Waals surface area contributed by atoms with Crippen LogP contribution in [0.4, 0.5) is 5.82 Å². The third-order valence-electron chi connectivity index (χ3n) is 2.19. The molecule has 1 aromatic heterocycles. The van der Waals surface area contributed by atoms with Gasteiger partial charge >= 0.3 is 0 Å². The summed E-state index contributed by atoms with van der Waals surface area (Å²) >= 11 is 0. The predicted octanol–water partition coefficient (Wildman–Crippen LogP) is -0.166. The minimum Gasteiger partial charge on any atom is -0.384 e. The average Bonchev–Trinajstić information content (AvgIpc) is 2.34. The van der Waals surface area contributed by atoms with Gasteiger partial charge in [0.15, 0.2) is 0 Å². The maximum atomic E-state index is 7.39. The van der Waals surface area contributed by atoms with Gasteiger partial charge in [0.25, 0.3) is 0 Å². The van der Waals surface area contributed by atoms with Crippen LogP contribution in [0, 0.1) is 5.41 Å². The number of aromatic nitrogens is 2. The molecule has 1 rings (SSSR count). The van der Waals surface area contributed by atoms with Crippen LogP contribution in [0.15, 0.2) is 12.5 Å². The smallest absolute Gasteiger partial charge is 0.140 e. The quantitative estimate of drug-likeness (QED) is 0.450. The highest BCUT2D eigenvalue weighted by molar-refractivity contribution is 5.99. The molecular formula is C10H17N5O2. The van der Waals surface area contributed by atoms with Gasteiger partial charge in [-0.3, -0.25) is 5.41 Å². The van der Waals surface area contributed by atoms with E-state index in [1.54, 1.807) is 14.2 Å². The highest BCUT2D eigenvalue weighted by Crippen LogP contribution is 2.09. The molecule has 4 N–H and O–H groups in total. The van der Waals surface area contributed by atoms with Crippen LogP contribution in [0.5, 0.6) is 0 Å². The molecule has 1 heterocycles. The van der Waals surface area contributed by atoms with Crippen LogP contribution in [0.3, 0.4) is 0 Å². The zero-order chi connectivity index (χ0) is 12.7. The van der Waals surface area contributed by atoms with Crippen molar-refractivity contribution in [2.75, 3.05) is 32.7 Å². The van der Waals surface area contributed by atoms with Crippen molar-refractivity contribution in [3.05, 3.63) is 18.1 Å². The molecule has 1 atom stereocenters. The summed E-state index contributed by atoms with van der Waals surface area (Å²) in [5, 5.41) is 10.4. The Morgan fingerprint density at radius 2 is 2.35 bits per heavy atom. The number of hydrogen-bond acceptors (Lipinski definition) is 6. The van der Waals surface area contributed by atoms with Crippen LogP contribution in [0.1, 0.15) is 5.56 Å². The second-order valence-corrected chi connectivity index (χ2v) is 3.39. The topological polar surface area (TPSA) is 106 Å². The Hall–Kier alpha value is -1.73. The summed E-state index contributed by atoms with van der Waals surface area (Å²) < 4.78 is 10.2. The lowest BCUT2D eigenvalue weighted by Gasteiger charge is -2.16. The normalized spacial score (nSPS) is 12.1. The summed E-state index contributed by atoms with van der Waals surface area (Å²) in [4.78, 5) is 7.85. The molecule has 0 saturated heterocycles. The van der Waals surface area contributed by atoms with E-state index in [2.05, 4.69) is 15.3 Å². The minimum atomic E-state index is -0.0882. The maximum Gasteiger partial charge on any atom is 0.140 e. The van der Waals surface area contributed by atoms with Crippen LogP contribution < -0.4 is 11.1 Å². The molecule has 0 aliphatic rings. The number of methoxy groups -OCH3 is 2. The molecule has 94 valence electrons. The van der Waals surface area contributed by atoms with Crippen molar-refractivity contribution in [3.63, 3.8) is 0 Å². The number of nitrogens with two attached hydrogens (primary N) is 1. The van der Waals surface area contributed by atoms with Gasteiger partial charge in [-0.2, -0.15) is 0 Å². The van der Waals surface area contributed by atoms with Crippen LogP contribution in [-0.2, 0) is 9.47 Å². The van der Waals surface area contributed by atoms with E-state index in [0.717, 1.165) is 0 Å². The monoisotopic (exact) mass is 239 g/mol. The van der Waals surface area contributed by atoms with Crippen LogP contribution in [0.25, 0.3) is 0 Å². The summed E-state index contributed by atoms with van der Waals surface area (Å²) in [5.74, 6) is 0.444. The summed E-state index contributed by atoms with van der Waals surface area (Å²) in [6.07, 6.45) is 2.80. The second kappa shape index (κ2) is 6.77. The Labute approximate surface area is 99.9 Å². The van der Waals surface area contributed by atoms with Gasteiger partial charge in [0.2, 0.25) is 0 Å². The van der Waals surface area contributed by atoms with Gasteiger partial charge in [-0.25, -0.2) is 9.97 Å². The average molecular weight is 239 g/mol. The molecular weight excluding hydrogens is 222 g/mol. The number of nitrogens with one attached hydrogen (secondary N) is 2. The number of rotatable bonds is 7. The Morgan fingerprint density at radius 3 is 2.94 bits per heavy atom. The Morgan fingerprint density at radius 1 is 1.59 bits per heavy atom. The number of hydrogen-bond donors (Lipinski definition) is 3. The van der Waals surface area contributed by atoms with Crippen molar-refractivity contribution in [2.24, 2.45) is 5.73 Å². The molecule has 17 heavy (non-hydrogen) atoms. The molecule has 0 bridgehead atoms. The lowest BCUT2D eigenvalue weighted by molar-refractivity contribution is 0.0365. The zero-order valence-electron chi connectivity index (χ0n) is 9.93. The molecule has 7 nitrogen and oxygen atoms in total. The van der Waals surface area contributed by atoms with Crippen molar-refractivity contribution in [3.8, 4) is 0 Å². The second-order valence-electron chi connectivity index (χ2n) is 3.39. The number of anilines is 1. The molecule has 1 aromatic rings. The fourth-order valence-corrected chi connectivity index (χ4v) is 1.27. The van der Waals surface area contributed by atoms with E-state index in [4.69, 9.17) is 20.6 Å². The fourth-order valence-electron chi connectivity index (χ4n) is 1.27. The highest BCUT2D eigenvalue weighted by Gasteiger charge is 2.10. The fraction of sp³-hybridized carbons (Fsp3) is 0.500. The first-order chi connectivity index (χ1) is 8.19. The summed E-state index contributed by atoms with van der Waals surface area (Å²) in [6, 6.07) is 0. The Bertz CT molecular complexity index is 371. The first kappa shape index (κ1) is 13.3. The molecule has 0 aromatic carbocycles. The Kier molecular flexibility index (Phi) is 5.31. The van der Waals surface area contributed by atoms with Crippen LogP contribution in [0.2, 0.25) is 0 Å². The molecule has 0 amide bonds. The van der Waals surface area contributed by atoms with E-state index in [1.165, 1.54) is 12.5 Å². The molecule has 7 heteroatoms. The largest absolute Gasteiger partial charge is 0.384 e. The number of ether oxygens (including phenoxy) is 2. The van der Waals surface area contributed by atoms with Gasteiger partial charge in [-0.15, -0.1) is 0 Å². The summed E-state index contributed by atoms with van der Waals surface area (Å²) in [5.41, 5.74) is 5.89. The molecule has 0 spiro atoms. The minimum absolute atomic E-state index is 0.0752. The summed E-state index contributed by atoms with van der Waals surface area (Å²) in [7, 11) is 3.22. The number of nitrogen functional groups attached to an aromatic ring is 1. The van der Waals surface area contributed by atoms with Gasteiger partial charge in [0, 0.05) is 27.0 Å². The van der Waals surface area contributed by atoms with Crippen molar-refractivity contribution in [1.29, 1.82) is 5.41 Å². The van der Waals surface area contributed by atoms with Crippen molar-refractivity contribution in [2.45, 2.75) is 6.10 Å². The first-order valence-electron chi connectivity index (χ1n) is 5.09. The molecule has 0 aliphatic carbocycles. The lowest BCUT2D eigenvalue weighted by Crippen LogP contribution is -2.28. The van der Waals surface area contributed by atoms with E-state index in [9.17, 15) is 0 Å².